The van der Waals surface area contributed by atoms with Gasteiger partial charge in [-0.1, -0.05) is 12.1 Å². The molecule has 110 valence electrons. The zero-order valence-corrected chi connectivity index (χ0v) is 12.3. The molecule has 1 fully saturated rings. The second-order valence-corrected chi connectivity index (χ2v) is 5.43. The molecule has 2 aromatic rings. The van der Waals surface area contributed by atoms with Crippen molar-refractivity contribution in [3.8, 4) is 0 Å². The summed E-state index contributed by atoms with van der Waals surface area (Å²) in [7, 11) is 1.89. The van der Waals surface area contributed by atoms with E-state index in [1.165, 1.54) is 0 Å². The van der Waals surface area contributed by atoms with E-state index in [2.05, 4.69) is 10.3 Å². The number of aromatic nitrogens is 1. The van der Waals surface area contributed by atoms with E-state index in [1.54, 1.807) is 0 Å². The Morgan fingerprint density at radius 1 is 1.43 bits per heavy atom. The fraction of sp³-hybridized carbons (Fsp3) is 0.375. The lowest BCUT2D eigenvalue weighted by atomic mass is 10.1. The summed E-state index contributed by atoms with van der Waals surface area (Å²) in [5, 5.41) is 14.7. The van der Waals surface area contributed by atoms with Crippen LogP contribution in [0.3, 0.4) is 0 Å². The lowest BCUT2D eigenvalue weighted by Crippen LogP contribution is -2.36. The molecule has 0 spiro atoms. The van der Waals surface area contributed by atoms with Gasteiger partial charge in [-0.2, -0.15) is 0 Å². The number of carboxylic acid groups (broad SMARTS) is 1. The van der Waals surface area contributed by atoms with Gasteiger partial charge in [0, 0.05) is 35.7 Å². The van der Waals surface area contributed by atoms with Crippen LogP contribution in [0.1, 0.15) is 18.5 Å². The second-order valence-electron chi connectivity index (χ2n) is 5.43. The molecule has 21 heavy (non-hydrogen) atoms. The van der Waals surface area contributed by atoms with Gasteiger partial charge in [0.25, 0.3) is 0 Å². The number of fused-ring (bicyclic) bond motifs is 1. The number of nitrogens with one attached hydrogen (secondary N) is 1. The third-order valence-electron chi connectivity index (χ3n) is 4.06. The molecular formula is C16H19N3O2. The topological polar surface area (TPSA) is 65.5 Å². The van der Waals surface area contributed by atoms with E-state index < -0.39 is 12.0 Å². The van der Waals surface area contributed by atoms with Crippen molar-refractivity contribution < 1.29 is 9.90 Å². The van der Waals surface area contributed by atoms with Crippen molar-refractivity contribution in [1.29, 1.82) is 0 Å². The molecule has 0 bridgehead atoms. The third kappa shape index (κ3) is 2.28. The Hall–Kier alpha value is -2.30. The van der Waals surface area contributed by atoms with Crippen molar-refractivity contribution in [2.24, 2.45) is 0 Å². The average Bonchev–Trinajstić information content (AvgIpc) is 2.95. The predicted molar refractivity (Wildman–Crippen MR) is 84.0 cm³/mol. The molecule has 1 aromatic carbocycles. The van der Waals surface area contributed by atoms with E-state index in [0.29, 0.717) is 6.42 Å². The number of hydrogen-bond acceptors (Lipinski definition) is 4. The summed E-state index contributed by atoms with van der Waals surface area (Å²) in [5.41, 5.74) is 1.93. The van der Waals surface area contributed by atoms with Crippen molar-refractivity contribution in [1.82, 2.24) is 4.98 Å². The minimum atomic E-state index is -0.770. The third-order valence-corrected chi connectivity index (χ3v) is 4.06. The molecule has 0 aliphatic carbocycles. The van der Waals surface area contributed by atoms with Crippen molar-refractivity contribution >= 4 is 28.2 Å². The molecule has 1 aliphatic rings. The summed E-state index contributed by atoms with van der Waals surface area (Å²) < 4.78 is 0. The van der Waals surface area contributed by atoms with Crippen molar-refractivity contribution in [3.63, 3.8) is 0 Å². The van der Waals surface area contributed by atoms with Crippen molar-refractivity contribution in [2.45, 2.75) is 25.8 Å². The first-order valence-electron chi connectivity index (χ1n) is 7.19. The van der Waals surface area contributed by atoms with E-state index in [0.717, 1.165) is 40.9 Å². The predicted octanol–water partition coefficient (Wildman–Crippen LogP) is 2.64. The Morgan fingerprint density at radius 3 is 2.95 bits per heavy atom. The van der Waals surface area contributed by atoms with Crippen molar-refractivity contribution in [2.75, 3.05) is 23.8 Å². The van der Waals surface area contributed by atoms with Gasteiger partial charge in [0.15, 0.2) is 0 Å². The minimum Gasteiger partial charge on any atom is -0.480 e. The fourth-order valence-corrected chi connectivity index (χ4v) is 3.10. The smallest absolute Gasteiger partial charge is 0.326 e. The van der Waals surface area contributed by atoms with Gasteiger partial charge in [-0.15, -0.1) is 0 Å². The number of carboxylic acids is 1. The molecule has 5 heteroatoms. The first-order valence-corrected chi connectivity index (χ1v) is 7.19. The molecule has 3 rings (SSSR count). The van der Waals surface area contributed by atoms with Crippen LogP contribution in [0.15, 0.2) is 24.3 Å². The van der Waals surface area contributed by atoms with E-state index in [1.807, 2.05) is 43.1 Å². The molecular weight excluding hydrogens is 266 g/mol. The number of benzene rings is 1. The molecule has 0 radical (unpaired) electrons. The normalized spacial score (nSPS) is 18.2. The van der Waals surface area contributed by atoms with E-state index in [-0.39, 0.29) is 0 Å². The maximum absolute atomic E-state index is 11.4. The second kappa shape index (κ2) is 5.24. The number of carbonyl (C=O) groups is 1. The maximum atomic E-state index is 11.4. The van der Waals surface area contributed by atoms with E-state index >= 15 is 0 Å². The molecule has 1 aromatic heterocycles. The lowest BCUT2D eigenvalue weighted by Gasteiger charge is -2.24. The van der Waals surface area contributed by atoms with Gasteiger partial charge in [-0.25, -0.2) is 9.78 Å². The van der Waals surface area contributed by atoms with Gasteiger partial charge in [0.1, 0.15) is 11.9 Å². The Kier molecular flexibility index (Phi) is 3.41. The molecule has 1 atom stereocenters. The monoisotopic (exact) mass is 285 g/mol. The molecule has 2 heterocycles. The molecule has 1 unspecified atom stereocenters. The first-order chi connectivity index (χ1) is 10.1. The summed E-state index contributed by atoms with van der Waals surface area (Å²) in [5.74, 6) is 0.0146. The maximum Gasteiger partial charge on any atom is 0.326 e. The molecule has 5 nitrogen and oxygen atoms in total. The van der Waals surface area contributed by atoms with Crippen LogP contribution in [0, 0.1) is 6.92 Å². The molecule has 0 amide bonds. The Morgan fingerprint density at radius 2 is 2.24 bits per heavy atom. The lowest BCUT2D eigenvalue weighted by molar-refractivity contribution is -0.138. The van der Waals surface area contributed by atoms with Gasteiger partial charge in [-0.3, -0.25) is 0 Å². The summed E-state index contributed by atoms with van der Waals surface area (Å²) in [4.78, 5) is 18.0. The number of aryl methyl sites for hydroxylation is 1. The van der Waals surface area contributed by atoms with Crippen LogP contribution < -0.4 is 10.2 Å². The van der Waals surface area contributed by atoms with Crippen LogP contribution in [0.2, 0.25) is 0 Å². The summed E-state index contributed by atoms with van der Waals surface area (Å²) in [6.07, 6.45) is 1.57. The molecule has 1 aliphatic heterocycles. The van der Waals surface area contributed by atoms with Gasteiger partial charge in [-0.05, 0) is 31.9 Å². The van der Waals surface area contributed by atoms with E-state index in [9.17, 15) is 9.90 Å². The Labute approximate surface area is 123 Å². The summed E-state index contributed by atoms with van der Waals surface area (Å²) in [6.45, 7) is 2.69. The highest BCUT2D eigenvalue weighted by molar-refractivity contribution is 6.01. The number of aliphatic carboxylic acids is 1. The number of hydrogen-bond donors (Lipinski definition) is 2. The first kappa shape index (κ1) is 13.7. The largest absolute Gasteiger partial charge is 0.480 e. The Bertz CT molecular complexity index is 699. The standard InChI is InChI=1S/C16H19N3O2/c1-10-9-12-11(5-3-6-13(12)17-2)15(18-10)19-8-4-7-14(19)16(20)21/h3,5-6,9,14,17H,4,7-8H2,1-2H3,(H,20,21). The van der Waals surface area contributed by atoms with Crippen LogP contribution in [0.25, 0.3) is 10.8 Å². The van der Waals surface area contributed by atoms with Crippen LogP contribution in [-0.2, 0) is 4.79 Å². The highest BCUT2D eigenvalue weighted by atomic mass is 16.4. The Balaban J connectivity index is 2.20. The zero-order valence-electron chi connectivity index (χ0n) is 12.3. The molecule has 1 saturated heterocycles. The number of rotatable bonds is 3. The zero-order chi connectivity index (χ0) is 15.0. The summed E-state index contributed by atoms with van der Waals surface area (Å²) >= 11 is 0. The minimum absolute atomic E-state index is 0.472. The highest BCUT2D eigenvalue weighted by Crippen LogP contribution is 2.34. The number of anilines is 2. The quantitative estimate of drug-likeness (QED) is 0.907. The van der Waals surface area contributed by atoms with Gasteiger partial charge < -0.3 is 15.3 Å². The van der Waals surface area contributed by atoms with Crippen molar-refractivity contribution in [3.05, 3.63) is 30.0 Å². The molecule has 0 saturated carbocycles. The number of pyridine rings is 1. The molecule has 2 N–H and O–H groups in total. The van der Waals surface area contributed by atoms with Gasteiger partial charge in [0.2, 0.25) is 0 Å². The van der Waals surface area contributed by atoms with Crippen LogP contribution in [-0.4, -0.2) is 35.7 Å². The van der Waals surface area contributed by atoms with Crippen LogP contribution in [0.5, 0.6) is 0 Å². The SMILES string of the molecule is CNc1cccc2c(N3CCCC3C(=O)O)nc(C)cc12. The summed E-state index contributed by atoms with van der Waals surface area (Å²) in [6, 6.07) is 7.57. The fourth-order valence-electron chi connectivity index (χ4n) is 3.10. The van der Waals surface area contributed by atoms with Crippen LogP contribution in [0.4, 0.5) is 11.5 Å². The van der Waals surface area contributed by atoms with Gasteiger partial charge in [0.05, 0.1) is 0 Å². The van der Waals surface area contributed by atoms with Gasteiger partial charge >= 0.3 is 5.97 Å². The highest BCUT2D eigenvalue weighted by Gasteiger charge is 2.32. The average molecular weight is 285 g/mol. The number of nitrogens with zero attached hydrogens (tertiary/aromatic N) is 2. The van der Waals surface area contributed by atoms with Crippen LogP contribution >= 0.6 is 0 Å². The van der Waals surface area contributed by atoms with E-state index in [4.69, 9.17) is 0 Å².